The summed E-state index contributed by atoms with van der Waals surface area (Å²) in [6.07, 6.45) is 3.50. The largest absolute Gasteiger partial charge is 0.481 e. The zero-order valence-electron chi connectivity index (χ0n) is 21.6. The summed E-state index contributed by atoms with van der Waals surface area (Å²) >= 11 is 0. The molecule has 2 aromatic carbocycles. The van der Waals surface area contributed by atoms with Crippen LogP contribution in [0.4, 0.5) is 20.2 Å². The molecule has 2 aliphatic heterocycles. The van der Waals surface area contributed by atoms with Gasteiger partial charge in [0.2, 0.25) is 0 Å². The van der Waals surface area contributed by atoms with E-state index in [2.05, 4.69) is 15.3 Å². The van der Waals surface area contributed by atoms with E-state index in [1.165, 1.54) is 12.3 Å². The summed E-state index contributed by atoms with van der Waals surface area (Å²) in [6, 6.07) is 8.83. The van der Waals surface area contributed by atoms with E-state index in [4.69, 9.17) is 4.74 Å². The molecule has 38 heavy (non-hydrogen) atoms. The Hall–Kier alpha value is -3.59. The number of rotatable bonds is 6. The second kappa shape index (κ2) is 9.94. The molecule has 0 radical (unpaired) electrons. The van der Waals surface area contributed by atoms with Crippen molar-refractivity contribution in [1.29, 1.82) is 0 Å². The number of hydrogen-bond acceptors (Lipinski definition) is 6. The molecule has 1 N–H and O–H groups in total. The smallest absolute Gasteiger partial charge is 0.265 e. The molecule has 9 heteroatoms. The molecule has 1 aliphatic carbocycles. The molecule has 1 saturated heterocycles. The second-order valence-electron chi connectivity index (χ2n) is 10.5. The van der Waals surface area contributed by atoms with E-state index in [-0.39, 0.29) is 36.5 Å². The molecular weight excluding hydrogens is 488 g/mol. The molecule has 1 saturated carbocycles. The fourth-order valence-corrected chi connectivity index (χ4v) is 5.41. The second-order valence-corrected chi connectivity index (χ2v) is 10.5. The number of piperazine rings is 1. The predicted octanol–water partition coefficient (Wildman–Crippen LogP) is 4.43. The maximum absolute atomic E-state index is 15.1. The summed E-state index contributed by atoms with van der Waals surface area (Å²) in [5, 5.41) is 3.27. The number of nitrogens with one attached hydrogen (secondary N) is 1. The lowest BCUT2D eigenvalue weighted by molar-refractivity contribution is -0.121. The molecule has 7 nitrogen and oxygen atoms in total. The van der Waals surface area contributed by atoms with E-state index in [9.17, 15) is 9.18 Å². The van der Waals surface area contributed by atoms with Crippen LogP contribution in [0.1, 0.15) is 49.6 Å². The number of anilines is 2. The molecule has 1 aromatic heterocycles. The van der Waals surface area contributed by atoms with Crippen LogP contribution >= 0.6 is 0 Å². The van der Waals surface area contributed by atoms with Gasteiger partial charge in [-0.15, -0.1) is 0 Å². The van der Waals surface area contributed by atoms with Crippen LogP contribution in [0.25, 0.3) is 11.3 Å². The number of hydrogen-bond donors (Lipinski definition) is 1. The standard InChI is InChI=1S/C29H31F2N5O2/c1-17(2)36-25-14-20(13-21(19-4-5-19)29(25)38-16-27(36)37)28-23(31)15-33-26(34-28)12-18-3-6-24(22(30)11-18)35-9-7-32-8-10-35/h3,6,11,13-15,17,19,32H,4-5,7-10,12,16H2,1-2H3. The maximum Gasteiger partial charge on any atom is 0.265 e. The van der Waals surface area contributed by atoms with Crippen molar-refractivity contribution >= 4 is 17.3 Å². The first-order valence-electron chi connectivity index (χ1n) is 13.3. The van der Waals surface area contributed by atoms with Crippen molar-refractivity contribution in [2.24, 2.45) is 0 Å². The van der Waals surface area contributed by atoms with Crippen LogP contribution in [0, 0.1) is 11.6 Å². The Balaban J connectivity index is 1.33. The molecule has 2 fully saturated rings. The molecule has 198 valence electrons. The quantitative estimate of drug-likeness (QED) is 0.520. The van der Waals surface area contributed by atoms with Gasteiger partial charge in [0, 0.05) is 49.8 Å². The summed E-state index contributed by atoms with van der Waals surface area (Å²) in [5.41, 5.74) is 3.69. The molecule has 0 unspecified atom stereocenters. The highest BCUT2D eigenvalue weighted by molar-refractivity contribution is 5.99. The summed E-state index contributed by atoms with van der Waals surface area (Å²) in [5.74, 6) is 0.478. The van der Waals surface area contributed by atoms with Crippen LogP contribution in [0.2, 0.25) is 0 Å². The van der Waals surface area contributed by atoms with Gasteiger partial charge < -0.3 is 19.9 Å². The van der Waals surface area contributed by atoms with Crippen molar-refractivity contribution < 1.29 is 18.3 Å². The third-order valence-corrected chi connectivity index (χ3v) is 7.40. The number of amides is 1. The molecule has 0 spiro atoms. The van der Waals surface area contributed by atoms with Gasteiger partial charge in [-0.05, 0) is 62.4 Å². The van der Waals surface area contributed by atoms with Gasteiger partial charge in [0.05, 0.1) is 17.6 Å². The first-order chi connectivity index (χ1) is 18.4. The summed E-state index contributed by atoms with van der Waals surface area (Å²) in [4.78, 5) is 25.2. The zero-order chi connectivity index (χ0) is 26.4. The summed E-state index contributed by atoms with van der Waals surface area (Å²) < 4.78 is 36.0. The van der Waals surface area contributed by atoms with Gasteiger partial charge in [0.1, 0.15) is 23.1 Å². The Morgan fingerprint density at radius 2 is 1.87 bits per heavy atom. The first kappa shape index (κ1) is 24.7. The van der Waals surface area contributed by atoms with Gasteiger partial charge in [0.15, 0.2) is 12.4 Å². The van der Waals surface area contributed by atoms with Crippen LogP contribution in [0.15, 0.2) is 36.5 Å². The van der Waals surface area contributed by atoms with E-state index in [1.807, 2.05) is 30.9 Å². The van der Waals surface area contributed by atoms with Crippen LogP contribution in [0.3, 0.4) is 0 Å². The van der Waals surface area contributed by atoms with Crippen molar-refractivity contribution in [2.45, 2.75) is 45.1 Å². The van der Waals surface area contributed by atoms with Gasteiger partial charge in [-0.25, -0.2) is 18.7 Å². The number of carbonyl (C=O) groups excluding carboxylic acids is 1. The van der Waals surface area contributed by atoms with E-state index < -0.39 is 5.82 Å². The van der Waals surface area contributed by atoms with Crippen molar-refractivity contribution in [3.63, 3.8) is 0 Å². The Kier molecular flexibility index (Phi) is 6.47. The minimum absolute atomic E-state index is 0.000259. The molecule has 0 bridgehead atoms. The zero-order valence-corrected chi connectivity index (χ0v) is 21.6. The Morgan fingerprint density at radius 1 is 1.08 bits per heavy atom. The topological polar surface area (TPSA) is 70.6 Å². The lowest BCUT2D eigenvalue weighted by Crippen LogP contribution is -2.43. The molecule has 6 rings (SSSR count). The fourth-order valence-electron chi connectivity index (χ4n) is 5.41. The number of nitrogens with zero attached hydrogens (tertiary/aromatic N) is 4. The number of aromatic nitrogens is 2. The summed E-state index contributed by atoms with van der Waals surface area (Å²) in [6.45, 7) is 7.07. The molecule has 0 atom stereocenters. The minimum atomic E-state index is -0.546. The number of halogens is 2. The predicted molar refractivity (Wildman–Crippen MR) is 142 cm³/mol. The molecule has 3 aromatic rings. The van der Waals surface area contributed by atoms with Crippen molar-refractivity contribution in [1.82, 2.24) is 15.3 Å². The van der Waals surface area contributed by atoms with E-state index >= 15 is 4.39 Å². The average Bonchev–Trinajstić information content (AvgIpc) is 3.75. The third kappa shape index (κ3) is 4.71. The van der Waals surface area contributed by atoms with Crippen molar-refractivity contribution in [2.75, 3.05) is 42.6 Å². The summed E-state index contributed by atoms with van der Waals surface area (Å²) in [7, 11) is 0. The molecule has 3 heterocycles. The Labute approximate surface area is 220 Å². The SMILES string of the molecule is CC(C)N1C(=O)COc2c(C3CC3)cc(-c3nc(Cc4ccc(N5CCNCC5)c(F)c4)ncc3F)cc21. The highest BCUT2D eigenvalue weighted by Crippen LogP contribution is 2.50. The Bertz CT molecular complexity index is 1390. The number of ether oxygens (including phenoxy) is 1. The van der Waals surface area contributed by atoms with Crippen molar-refractivity contribution in [3.8, 4) is 17.0 Å². The molecule has 1 amide bonds. The third-order valence-electron chi connectivity index (χ3n) is 7.40. The van der Waals surface area contributed by atoms with Gasteiger partial charge in [-0.3, -0.25) is 4.79 Å². The normalized spacial score (nSPS) is 17.6. The van der Waals surface area contributed by atoms with Crippen LogP contribution < -0.4 is 19.9 Å². The van der Waals surface area contributed by atoms with Gasteiger partial charge in [0.25, 0.3) is 5.91 Å². The Morgan fingerprint density at radius 3 is 2.58 bits per heavy atom. The highest BCUT2D eigenvalue weighted by Gasteiger charge is 2.35. The molecular formula is C29H31F2N5O2. The van der Waals surface area contributed by atoms with Crippen LogP contribution in [0.5, 0.6) is 5.75 Å². The minimum Gasteiger partial charge on any atom is -0.481 e. The number of fused-ring (bicyclic) bond motifs is 1. The maximum atomic E-state index is 15.1. The number of carbonyl (C=O) groups is 1. The number of benzene rings is 2. The molecule has 3 aliphatic rings. The van der Waals surface area contributed by atoms with E-state index in [1.54, 1.807) is 17.0 Å². The lowest BCUT2D eigenvalue weighted by atomic mass is 9.99. The monoisotopic (exact) mass is 519 g/mol. The average molecular weight is 520 g/mol. The first-order valence-corrected chi connectivity index (χ1v) is 13.3. The van der Waals surface area contributed by atoms with Crippen LogP contribution in [-0.4, -0.2) is 54.7 Å². The fraction of sp³-hybridized carbons (Fsp3) is 0.414. The van der Waals surface area contributed by atoms with E-state index in [0.717, 1.165) is 44.6 Å². The van der Waals surface area contributed by atoms with Gasteiger partial charge in [-0.2, -0.15) is 0 Å². The van der Waals surface area contributed by atoms with Gasteiger partial charge >= 0.3 is 0 Å². The highest BCUT2D eigenvalue weighted by atomic mass is 19.1. The lowest BCUT2D eigenvalue weighted by Gasteiger charge is -2.34. The van der Waals surface area contributed by atoms with Crippen LogP contribution in [-0.2, 0) is 11.2 Å². The van der Waals surface area contributed by atoms with Gasteiger partial charge in [-0.1, -0.05) is 6.07 Å². The van der Waals surface area contributed by atoms with E-state index in [0.29, 0.717) is 40.0 Å². The van der Waals surface area contributed by atoms with Crippen molar-refractivity contribution in [3.05, 3.63) is 65.1 Å².